The highest BCUT2D eigenvalue weighted by Crippen LogP contribution is 2.24. The fraction of sp³-hybridized carbons (Fsp3) is 0.800. The van der Waals surface area contributed by atoms with Gasteiger partial charge in [-0.1, -0.05) is 6.92 Å². The molecule has 2 heterocycles. The molecule has 0 bridgehead atoms. The summed E-state index contributed by atoms with van der Waals surface area (Å²) >= 11 is 3.87. The molecule has 0 fully saturated rings. The second kappa shape index (κ2) is 5.21. The lowest BCUT2D eigenvalue weighted by Gasteiger charge is -2.09. The molecule has 1 atom stereocenters. The summed E-state index contributed by atoms with van der Waals surface area (Å²) < 4.78 is 0. The van der Waals surface area contributed by atoms with E-state index in [1.165, 1.54) is 28.0 Å². The van der Waals surface area contributed by atoms with Crippen LogP contribution >= 0.6 is 23.5 Å². The first-order valence-corrected chi connectivity index (χ1v) is 7.16. The van der Waals surface area contributed by atoms with Gasteiger partial charge < -0.3 is 0 Å². The zero-order chi connectivity index (χ0) is 9.80. The maximum atomic E-state index is 4.51. The minimum atomic E-state index is 0.645. The van der Waals surface area contributed by atoms with Gasteiger partial charge in [-0.05, 0) is 12.8 Å². The number of rotatable bonds is 4. The standard InChI is InChI=1S/C10H16N2S2/c1-8(10-12-5-7-14-10)2-3-9-11-4-6-13-9/h8H,2-7H2,1H3. The van der Waals surface area contributed by atoms with E-state index in [9.17, 15) is 0 Å². The monoisotopic (exact) mass is 228 g/mol. The first-order valence-electron chi connectivity index (χ1n) is 5.19. The van der Waals surface area contributed by atoms with Gasteiger partial charge in [-0.2, -0.15) is 0 Å². The average Bonchev–Trinajstić information content (AvgIpc) is 2.87. The topological polar surface area (TPSA) is 24.7 Å². The number of hydrogen-bond acceptors (Lipinski definition) is 4. The molecule has 2 nitrogen and oxygen atoms in total. The summed E-state index contributed by atoms with van der Waals surface area (Å²) in [5.41, 5.74) is 0. The fourth-order valence-electron chi connectivity index (χ4n) is 1.64. The normalized spacial score (nSPS) is 23.5. The van der Waals surface area contributed by atoms with E-state index in [1.807, 2.05) is 23.5 Å². The SMILES string of the molecule is CC(CCC1=NCCS1)C1=NCCS1. The number of aliphatic imine (C=N–C) groups is 2. The molecule has 2 aliphatic rings. The molecule has 4 heteroatoms. The third-order valence-corrected chi connectivity index (χ3v) is 4.74. The van der Waals surface area contributed by atoms with Crippen molar-refractivity contribution in [2.75, 3.05) is 24.6 Å². The van der Waals surface area contributed by atoms with E-state index in [0.717, 1.165) is 19.5 Å². The van der Waals surface area contributed by atoms with Crippen LogP contribution in [0.2, 0.25) is 0 Å². The van der Waals surface area contributed by atoms with Crippen molar-refractivity contribution < 1.29 is 0 Å². The molecular weight excluding hydrogens is 212 g/mol. The van der Waals surface area contributed by atoms with Gasteiger partial charge in [0.25, 0.3) is 0 Å². The maximum absolute atomic E-state index is 4.51. The molecular formula is C10H16N2S2. The van der Waals surface area contributed by atoms with E-state index in [1.54, 1.807) is 0 Å². The number of hydrogen-bond donors (Lipinski definition) is 0. The lowest BCUT2D eigenvalue weighted by Crippen LogP contribution is -2.06. The molecule has 0 aliphatic carbocycles. The van der Waals surface area contributed by atoms with E-state index < -0.39 is 0 Å². The Balaban J connectivity index is 1.74. The van der Waals surface area contributed by atoms with Crippen LogP contribution in [0.15, 0.2) is 9.98 Å². The van der Waals surface area contributed by atoms with Gasteiger partial charge in [0.1, 0.15) is 0 Å². The molecule has 78 valence electrons. The lowest BCUT2D eigenvalue weighted by atomic mass is 10.1. The van der Waals surface area contributed by atoms with Gasteiger partial charge in [0, 0.05) is 30.5 Å². The van der Waals surface area contributed by atoms with Gasteiger partial charge in [-0.25, -0.2) is 0 Å². The third-order valence-electron chi connectivity index (χ3n) is 2.47. The largest absolute Gasteiger partial charge is 0.282 e. The summed E-state index contributed by atoms with van der Waals surface area (Å²) in [7, 11) is 0. The number of thioether (sulfide) groups is 2. The predicted molar refractivity (Wildman–Crippen MR) is 67.9 cm³/mol. The van der Waals surface area contributed by atoms with Gasteiger partial charge in [0.2, 0.25) is 0 Å². The van der Waals surface area contributed by atoms with Crippen LogP contribution in [0.4, 0.5) is 0 Å². The van der Waals surface area contributed by atoms with Gasteiger partial charge in [-0.3, -0.25) is 9.98 Å². The van der Waals surface area contributed by atoms with Crippen LogP contribution in [0.25, 0.3) is 0 Å². The zero-order valence-corrected chi connectivity index (χ0v) is 10.2. The minimum Gasteiger partial charge on any atom is -0.282 e. The van der Waals surface area contributed by atoms with Gasteiger partial charge in [0.15, 0.2) is 0 Å². The molecule has 0 N–H and O–H groups in total. The van der Waals surface area contributed by atoms with Crippen LogP contribution in [0.3, 0.4) is 0 Å². The highest BCUT2D eigenvalue weighted by Gasteiger charge is 2.16. The third kappa shape index (κ3) is 2.76. The Hall–Kier alpha value is 0.0400. The van der Waals surface area contributed by atoms with Crippen molar-refractivity contribution in [3.63, 3.8) is 0 Å². The Kier molecular flexibility index (Phi) is 3.93. The van der Waals surface area contributed by atoms with Crippen molar-refractivity contribution in [2.45, 2.75) is 19.8 Å². The van der Waals surface area contributed by atoms with Gasteiger partial charge >= 0.3 is 0 Å². The molecule has 0 radical (unpaired) electrons. The van der Waals surface area contributed by atoms with Crippen molar-refractivity contribution in [3.05, 3.63) is 0 Å². The summed E-state index contributed by atoms with van der Waals surface area (Å²) in [4.78, 5) is 8.98. The molecule has 0 saturated heterocycles. The Morgan fingerprint density at radius 1 is 1.21 bits per heavy atom. The van der Waals surface area contributed by atoms with Crippen molar-refractivity contribution in [1.29, 1.82) is 0 Å². The Morgan fingerprint density at radius 2 is 2.00 bits per heavy atom. The maximum Gasteiger partial charge on any atom is 0.0705 e. The van der Waals surface area contributed by atoms with Crippen LogP contribution in [0, 0.1) is 5.92 Å². The van der Waals surface area contributed by atoms with Gasteiger partial charge in [-0.15, -0.1) is 23.5 Å². The zero-order valence-electron chi connectivity index (χ0n) is 8.53. The Morgan fingerprint density at radius 3 is 2.64 bits per heavy atom. The Labute approximate surface area is 94.0 Å². The van der Waals surface area contributed by atoms with E-state index in [0.29, 0.717) is 5.92 Å². The van der Waals surface area contributed by atoms with E-state index in [-0.39, 0.29) is 0 Å². The molecule has 0 amide bonds. The lowest BCUT2D eigenvalue weighted by molar-refractivity contribution is 0.718. The van der Waals surface area contributed by atoms with Crippen LogP contribution in [0.5, 0.6) is 0 Å². The second-order valence-corrected chi connectivity index (χ2v) is 5.92. The summed E-state index contributed by atoms with van der Waals surface area (Å²) in [5, 5.41) is 2.73. The molecule has 0 spiro atoms. The first-order chi connectivity index (χ1) is 6.86. The van der Waals surface area contributed by atoms with Crippen molar-refractivity contribution >= 4 is 33.6 Å². The second-order valence-electron chi connectivity index (χ2n) is 3.63. The summed E-state index contributed by atoms with van der Waals surface area (Å²) in [6.45, 7) is 4.35. The molecule has 14 heavy (non-hydrogen) atoms. The molecule has 0 saturated carbocycles. The van der Waals surface area contributed by atoms with Crippen molar-refractivity contribution in [3.8, 4) is 0 Å². The van der Waals surface area contributed by atoms with Gasteiger partial charge in [0.05, 0.1) is 10.1 Å². The quantitative estimate of drug-likeness (QED) is 0.739. The van der Waals surface area contributed by atoms with Crippen LogP contribution in [-0.2, 0) is 0 Å². The van der Waals surface area contributed by atoms with E-state index in [4.69, 9.17) is 0 Å². The average molecular weight is 228 g/mol. The highest BCUT2D eigenvalue weighted by molar-refractivity contribution is 8.14. The summed E-state index contributed by atoms with van der Waals surface area (Å²) in [5.74, 6) is 3.03. The van der Waals surface area contributed by atoms with Crippen molar-refractivity contribution in [1.82, 2.24) is 0 Å². The number of nitrogens with zero attached hydrogens (tertiary/aromatic N) is 2. The Bertz CT molecular complexity index is 261. The van der Waals surface area contributed by atoms with E-state index >= 15 is 0 Å². The summed E-state index contributed by atoms with van der Waals surface area (Å²) in [6, 6.07) is 0. The molecule has 2 aliphatic heterocycles. The van der Waals surface area contributed by atoms with E-state index in [2.05, 4.69) is 16.9 Å². The molecule has 0 aromatic heterocycles. The minimum absolute atomic E-state index is 0.645. The fourth-order valence-corrected chi connectivity index (χ4v) is 3.48. The predicted octanol–water partition coefficient (Wildman–Crippen LogP) is 2.69. The molecule has 1 unspecified atom stereocenters. The summed E-state index contributed by atoms with van der Waals surface area (Å²) in [6.07, 6.45) is 2.38. The molecule has 0 aromatic rings. The van der Waals surface area contributed by atoms with Crippen LogP contribution < -0.4 is 0 Å². The molecule has 0 aromatic carbocycles. The van der Waals surface area contributed by atoms with Crippen molar-refractivity contribution in [2.24, 2.45) is 15.9 Å². The van der Waals surface area contributed by atoms with Crippen LogP contribution in [-0.4, -0.2) is 34.7 Å². The first kappa shape index (κ1) is 10.6. The highest BCUT2D eigenvalue weighted by atomic mass is 32.2. The van der Waals surface area contributed by atoms with Crippen LogP contribution in [0.1, 0.15) is 19.8 Å². The molecule has 2 rings (SSSR count). The smallest absolute Gasteiger partial charge is 0.0705 e.